The van der Waals surface area contributed by atoms with Crippen LogP contribution in [0.2, 0.25) is 0 Å². The molecule has 1 saturated carbocycles. The summed E-state index contributed by atoms with van der Waals surface area (Å²) in [5.74, 6) is -2.30. The van der Waals surface area contributed by atoms with Gasteiger partial charge in [0.2, 0.25) is 23.5 Å². The summed E-state index contributed by atoms with van der Waals surface area (Å²) in [6.07, 6.45) is 7.53. The van der Waals surface area contributed by atoms with Gasteiger partial charge in [0, 0.05) is 32.6 Å². The van der Waals surface area contributed by atoms with Crippen molar-refractivity contribution in [3.05, 3.63) is 0 Å². The first kappa shape index (κ1) is 36.3. The zero-order chi connectivity index (χ0) is 33.3. The standard InChI is InChI=1S/C33H56N6O6/c1-7-34-29(42)24(40)19-35-30(43)28-23(21(2)3)16-18-39(28)31(44)27(22-13-9-8-10-14-22)37-32(45)36-25(33(4,5)6)20-38-17-12-11-15-26(38)41/h21-23,25,27-28H,7-20H2,1-6H3,(H,34,42)(H,35,43)(H2,36,37,45)/t23-,25-,27+,28+/m1/s1. The highest BCUT2D eigenvalue weighted by Crippen LogP contribution is 2.34. The van der Waals surface area contributed by atoms with Gasteiger partial charge in [-0.3, -0.25) is 24.0 Å². The van der Waals surface area contributed by atoms with Crippen molar-refractivity contribution in [2.75, 3.05) is 32.7 Å². The van der Waals surface area contributed by atoms with Crippen LogP contribution in [0.5, 0.6) is 0 Å². The Hall–Kier alpha value is -3.18. The molecule has 6 amide bonds. The fourth-order valence-electron chi connectivity index (χ4n) is 6.89. The summed E-state index contributed by atoms with van der Waals surface area (Å²) in [7, 11) is 0. The molecule has 4 atom stereocenters. The van der Waals surface area contributed by atoms with Crippen LogP contribution in [-0.4, -0.2) is 96.1 Å². The molecule has 0 radical (unpaired) electrons. The minimum absolute atomic E-state index is 0.0742. The summed E-state index contributed by atoms with van der Waals surface area (Å²) in [5.41, 5.74) is -0.340. The fourth-order valence-corrected chi connectivity index (χ4v) is 6.89. The lowest BCUT2D eigenvalue weighted by Gasteiger charge is -2.39. The Labute approximate surface area is 268 Å². The Morgan fingerprint density at radius 1 is 0.889 bits per heavy atom. The summed E-state index contributed by atoms with van der Waals surface area (Å²) in [4.78, 5) is 81.6. The predicted molar refractivity (Wildman–Crippen MR) is 171 cm³/mol. The smallest absolute Gasteiger partial charge is 0.315 e. The SMILES string of the molecule is CCNC(=O)C(=O)CNC(=O)[C@@H]1[C@@H](C(C)C)CCN1C(=O)[C@@H](NC(=O)N[C@H](CN1CCCCC1=O)C(C)(C)C)C1CCCCC1. The number of Topliss-reactive ketones (excluding diaryl/α,β-unsaturated/α-hetero) is 1. The van der Waals surface area contributed by atoms with Crippen LogP contribution in [0, 0.1) is 23.2 Å². The first-order valence-corrected chi connectivity index (χ1v) is 17.0. The number of carbonyl (C=O) groups is 6. The number of hydrogen-bond acceptors (Lipinski definition) is 6. The van der Waals surface area contributed by atoms with Crippen molar-refractivity contribution in [1.29, 1.82) is 0 Å². The van der Waals surface area contributed by atoms with E-state index in [-0.39, 0.29) is 41.0 Å². The first-order chi connectivity index (χ1) is 21.2. The van der Waals surface area contributed by atoms with E-state index < -0.39 is 42.3 Å². The molecular weight excluding hydrogens is 576 g/mol. The van der Waals surface area contributed by atoms with E-state index in [1.165, 1.54) is 0 Å². The van der Waals surface area contributed by atoms with E-state index in [0.717, 1.165) is 44.9 Å². The third-order valence-corrected chi connectivity index (χ3v) is 9.72. The normalized spacial score (nSPS) is 22.5. The Morgan fingerprint density at radius 3 is 2.18 bits per heavy atom. The van der Waals surface area contributed by atoms with E-state index in [1.54, 1.807) is 11.8 Å². The number of nitrogens with one attached hydrogen (secondary N) is 4. The van der Waals surface area contributed by atoms with E-state index in [2.05, 4.69) is 21.3 Å². The van der Waals surface area contributed by atoms with Crippen LogP contribution in [0.3, 0.4) is 0 Å². The molecule has 3 aliphatic rings. The highest BCUT2D eigenvalue weighted by molar-refractivity contribution is 6.37. The molecule has 3 fully saturated rings. The molecule has 0 unspecified atom stereocenters. The number of likely N-dealkylation sites (tertiary alicyclic amines) is 2. The third-order valence-electron chi connectivity index (χ3n) is 9.72. The molecule has 1 aliphatic carbocycles. The number of rotatable bonds is 12. The van der Waals surface area contributed by atoms with E-state index in [9.17, 15) is 28.8 Å². The van der Waals surface area contributed by atoms with Gasteiger partial charge in [0.25, 0.3) is 5.91 Å². The zero-order valence-corrected chi connectivity index (χ0v) is 28.2. The van der Waals surface area contributed by atoms with Crippen molar-refractivity contribution in [3.63, 3.8) is 0 Å². The Balaban J connectivity index is 1.79. The van der Waals surface area contributed by atoms with Crippen molar-refractivity contribution in [2.24, 2.45) is 23.2 Å². The summed E-state index contributed by atoms with van der Waals surface area (Å²) < 4.78 is 0. The molecule has 2 heterocycles. The molecule has 12 nitrogen and oxygen atoms in total. The van der Waals surface area contributed by atoms with E-state index in [4.69, 9.17) is 0 Å². The quantitative estimate of drug-likeness (QED) is 0.242. The summed E-state index contributed by atoms with van der Waals surface area (Å²) >= 11 is 0. The molecule has 0 aromatic rings. The molecule has 12 heteroatoms. The first-order valence-electron chi connectivity index (χ1n) is 17.0. The van der Waals surface area contributed by atoms with E-state index in [0.29, 0.717) is 39.0 Å². The van der Waals surface area contributed by atoms with E-state index in [1.807, 2.05) is 39.5 Å². The topological polar surface area (TPSA) is 157 Å². The molecule has 2 aliphatic heterocycles. The molecule has 0 bridgehead atoms. The monoisotopic (exact) mass is 632 g/mol. The van der Waals surface area contributed by atoms with Gasteiger partial charge in [-0.25, -0.2) is 4.79 Å². The maximum Gasteiger partial charge on any atom is 0.315 e. The minimum atomic E-state index is -0.819. The van der Waals surface area contributed by atoms with Gasteiger partial charge in [-0.15, -0.1) is 0 Å². The largest absolute Gasteiger partial charge is 0.350 e. The van der Waals surface area contributed by atoms with Gasteiger partial charge < -0.3 is 31.1 Å². The number of ketones is 1. The van der Waals surface area contributed by atoms with Crippen LogP contribution in [0.25, 0.3) is 0 Å². The van der Waals surface area contributed by atoms with Crippen LogP contribution in [-0.2, 0) is 24.0 Å². The van der Waals surface area contributed by atoms with Gasteiger partial charge in [-0.1, -0.05) is 53.9 Å². The van der Waals surface area contributed by atoms with Crippen molar-refractivity contribution >= 4 is 35.4 Å². The molecule has 45 heavy (non-hydrogen) atoms. The molecular formula is C33H56N6O6. The van der Waals surface area contributed by atoms with Gasteiger partial charge in [0.15, 0.2) is 0 Å². The number of urea groups is 1. The van der Waals surface area contributed by atoms with Crippen molar-refractivity contribution in [3.8, 4) is 0 Å². The second-order valence-electron chi connectivity index (χ2n) is 14.4. The molecule has 0 spiro atoms. The second-order valence-corrected chi connectivity index (χ2v) is 14.4. The number of hydrogen-bond donors (Lipinski definition) is 4. The number of nitrogens with zero attached hydrogens (tertiary/aromatic N) is 2. The van der Waals surface area contributed by atoms with Crippen LogP contribution >= 0.6 is 0 Å². The third kappa shape index (κ3) is 9.90. The van der Waals surface area contributed by atoms with Gasteiger partial charge in [0.1, 0.15) is 12.1 Å². The van der Waals surface area contributed by atoms with Crippen LogP contribution in [0.4, 0.5) is 4.79 Å². The summed E-state index contributed by atoms with van der Waals surface area (Å²) in [6.45, 7) is 13.0. The van der Waals surface area contributed by atoms with Crippen LogP contribution in [0.15, 0.2) is 0 Å². The molecule has 0 aromatic heterocycles. The average molecular weight is 633 g/mol. The zero-order valence-electron chi connectivity index (χ0n) is 28.2. The number of piperidine rings is 1. The van der Waals surface area contributed by atoms with Crippen molar-refractivity contribution in [1.82, 2.24) is 31.1 Å². The molecule has 254 valence electrons. The molecule has 0 aromatic carbocycles. The van der Waals surface area contributed by atoms with Gasteiger partial charge in [-0.2, -0.15) is 0 Å². The summed E-state index contributed by atoms with van der Waals surface area (Å²) in [5, 5.41) is 11.1. The van der Waals surface area contributed by atoms with Gasteiger partial charge in [-0.05, 0) is 62.2 Å². The van der Waals surface area contributed by atoms with Crippen molar-refractivity contribution < 1.29 is 28.8 Å². The molecule has 2 saturated heterocycles. The lowest BCUT2D eigenvalue weighted by Crippen LogP contribution is -2.61. The van der Waals surface area contributed by atoms with Gasteiger partial charge in [0.05, 0.1) is 12.6 Å². The Kier molecular flexibility index (Phi) is 13.2. The highest BCUT2D eigenvalue weighted by Gasteiger charge is 2.46. The predicted octanol–water partition coefficient (Wildman–Crippen LogP) is 2.36. The van der Waals surface area contributed by atoms with Crippen LogP contribution in [0.1, 0.15) is 99.3 Å². The average Bonchev–Trinajstić information content (AvgIpc) is 3.45. The highest BCUT2D eigenvalue weighted by atomic mass is 16.2. The summed E-state index contributed by atoms with van der Waals surface area (Å²) in [6, 6.07) is -2.43. The number of carbonyl (C=O) groups excluding carboxylic acids is 6. The second kappa shape index (κ2) is 16.4. The lowest BCUT2D eigenvalue weighted by molar-refractivity contribution is -0.143. The number of likely N-dealkylation sites (N-methyl/N-ethyl adjacent to an activating group) is 1. The maximum atomic E-state index is 14.4. The Morgan fingerprint density at radius 2 is 1.58 bits per heavy atom. The van der Waals surface area contributed by atoms with E-state index >= 15 is 0 Å². The Bertz CT molecular complexity index is 1080. The van der Waals surface area contributed by atoms with Gasteiger partial charge >= 0.3 is 6.03 Å². The fraction of sp³-hybridized carbons (Fsp3) is 0.818. The maximum absolute atomic E-state index is 14.4. The molecule has 4 N–H and O–H groups in total. The van der Waals surface area contributed by atoms with Crippen LogP contribution < -0.4 is 21.3 Å². The van der Waals surface area contributed by atoms with Crippen molar-refractivity contribution in [2.45, 2.75) is 117 Å². The minimum Gasteiger partial charge on any atom is -0.350 e. The molecule has 3 rings (SSSR count). The lowest BCUT2D eigenvalue weighted by atomic mass is 9.82. The number of amides is 6.